The van der Waals surface area contributed by atoms with E-state index >= 15 is 0 Å². The second kappa shape index (κ2) is 4.98. The van der Waals surface area contributed by atoms with Gasteiger partial charge in [-0.05, 0) is 30.3 Å². The zero-order chi connectivity index (χ0) is 14.1. The van der Waals surface area contributed by atoms with E-state index in [9.17, 15) is 4.79 Å². The average molecular weight is 288 g/mol. The van der Waals surface area contributed by atoms with Crippen molar-refractivity contribution in [3.05, 3.63) is 58.9 Å². The number of carbonyl (C=O) groups excluding carboxylic acids is 1. The molecule has 0 aliphatic rings. The average Bonchev–Trinajstić information content (AvgIpc) is 2.78. The van der Waals surface area contributed by atoms with E-state index in [2.05, 4.69) is 4.98 Å². The first-order chi connectivity index (χ1) is 9.61. The van der Waals surface area contributed by atoms with E-state index in [1.807, 2.05) is 0 Å². The predicted molar refractivity (Wildman–Crippen MR) is 75.2 cm³/mol. The minimum atomic E-state index is -0.466. The van der Waals surface area contributed by atoms with Crippen molar-refractivity contribution in [3.8, 4) is 5.75 Å². The van der Waals surface area contributed by atoms with Crippen LogP contribution in [-0.2, 0) is 0 Å². The monoisotopic (exact) mass is 287 g/mol. The second-order valence-electron chi connectivity index (χ2n) is 4.26. The summed E-state index contributed by atoms with van der Waals surface area (Å²) in [6.45, 7) is 1.76. The Hall–Kier alpha value is -2.33. The van der Waals surface area contributed by atoms with Gasteiger partial charge in [0.15, 0.2) is 11.5 Å². The number of oxazole rings is 1. The fourth-order valence-electron chi connectivity index (χ4n) is 1.87. The maximum absolute atomic E-state index is 12.0. The van der Waals surface area contributed by atoms with Crippen molar-refractivity contribution < 1.29 is 13.9 Å². The third kappa shape index (κ3) is 2.51. The van der Waals surface area contributed by atoms with Crippen molar-refractivity contribution >= 4 is 28.7 Å². The quantitative estimate of drug-likeness (QED) is 0.528. The first-order valence-corrected chi connectivity index (χ1v) is 6.34. The van der Waals surface area contributed by atoms with Gasteiger partial charge in [-0.2, -0.15) is 0 Å². The summed E-state index contributed by atoms with van der Waals surface area (Å²) in [4.78, 5) is 16.2. The number of esters is 1. The van der Waals surface area contributed by atoms with Gasteiger partial charge in [-0.25, -0.2) is 9.78 Å². The molecule has 0 saturated heterocycles. The highest BCUT2D eigenvalue weighted by atomic mass is 35.5. The van der Waals surface area contributed by atoms with E-state index < -0.39 is 5.97 Å². The SMILES string of the molecule is Cc1nc2cc(OC(=O)c3cccc(Cl)c3)ccc2o1. The molecule has 100 valence electrons. The van der Waals surface area contributed by atoms with E-state index in [-0.39, 0.29) is 0 Å². The molecular weight excluding hydrogens is 278 g/mol. The van der Waals surface area contributed by atoms with Crippen molar-refractivity contribution in [2.75, 3.05) is 0 Å². The number of ether oxygens (including phenoxy) is 1. The highest BCUT2D eigenvalue weighted by Crippen LogP contribution is 2.22. The molecule has 0 amide bonds. The van der Waals surface area contributed by atoms with Crippen molar-refractivity contribution in [2.45, 2.75) is 6.92 Å². The largest absolute Gasteiger partial charge is 0.441 e. The summed E-state index contributed by atoms with van der Waals surface area (Å²) in [5, 5.41) is 0.488. The van der Waals surface area contributed by atoms with E-state index in [4.69, 9.17) is 20.8 Å². The molecule has 0 fully saturated rings. The Morgan fingerprint density at radius 2 is 2.10 bits per heavy atom. The molecule has 3 aromatic rings. The summed E-state index contributed by atoms with van der Waals surface area (Å²) in [6.07, 6.45) is 0. The molecule has 0 unspecified atom stereocenters. The number of benzene rings is 2. The van der Waals surface area contributed by atoms with Crippen LogP contribution in [-0.4, -0.2) is 11.0 Å². The second-order valence-corrected chi connectivity index (χ2v) is 4.70. The summed E-state index contributed by atoms with van der Waals surface area (Å²) >= 11 is 5.84. The maximum atomic E-state index is 12.0. The van der Waals surface area contributed by atoms with Crippen LogP contribution >= 0.6 is 11.6 Å². The van der Waals surface area contributed by atoms with Crippen LogP contribution in [0.5, 0.6) is 5.75 Å². The highest BCUT2D eigenvalue weighted by Gasteiger charge is 2.10. The highest BCUT2D eigenvalue weighted by molar-refractivity contribution is 6.30. The van der Waals surface area contributed by atoms with Crippen molar-refractivity contribution in [1.29, 1.82) is 0 Å². The van der Waals surface area contributed by atoms with Gasteiger partial charge in [0, 0.05) is 18.0 Å². The van der Waals surface area contributed by atoms with Gasteiger partial charge in [0.2, 0.25) is 0 Å². The molecular formula is C15H10ClNO3. The third-order valence-electron chi connectivity index (χ3n) is 2.74. The van der Waals surface area contributed by atoms with Gasteiger partial charge in [0.05, 0.1) is 5.56 Å². The summed E-state index contributed by atoms with van der Waals surface area (Å²) in [6, 6.07) is 11.6. The molecule has 4 nitrogen and oxygen atoms in total. The van der Waals surface area contributed by atoms with Crippen molar-refractivity contribution in [2.24, 2.45) is 0 Å². The molecule has 0 bridgehead atoms. The zero-order valence-corrected chi connectivity index (χ0v) is 11.3. The number of hydrogen-bond acceptors (Lipinski definition) is 4. The van der Waals surface area contributed by atoms with E-state index in [0.29, 0.717) is 33.3 Å². The molecule has 1 heterocycles. The normalized spacial score (nSPS) is 10.7. The van der Waals surface area contributed by atoms with Gasteiger partial charge in [-0.3, -0.25) is 0 Å². The number of rotatable bonds is 2. The molecule has 5 heteroatoms. The van der Waals surface area contributed by atoms with E-state index in [1.54, 1.807) is 49.4 Å². The van der Waals surface area contributed by atoms with Crippen LogP contribution in [0, 0.1) is 6.92 Å². The Labute approximate surface area is 119 Å². The molecule has 0 N–H and O–H groups in total. The molecule has 0 radical (unpaired) electrons. The number of aryl methyl sites for hydroxylation is 1. The van der Waals surface area contributed by atoms with Crippen LogP contribution in [0.25, 0.3) is 11.1 Å². The van der Waals surface area contributed by atoms with Crippen LogP contribution in [0.3, 0.4) is 0 Å². The fourth-order valence-corrected chi connectivity index (χ4v) is 2.06. The maximum Gasteiger partial charge on any atom is 0.343 e. The number of carbonyl (C=O) groups is 1. The minimum absolute atomic E-state index is 0.397. The number of hydrogen-bond donors (Lipinski definition) is 0. The molecule has 0 aliphatic carbocycles. The summed E-state index contributed by atoms with van der Waals surface area (Å²) in [5.41, 5.74) is 1.71. The topological polar surface area (TPSA) is 52.3 Å². The number of fused-ring (bicyclic) bond motifs is 1. The molecule has 0 saturated carbocycles. The fraction of sp³-hybridized carbons (Fsp3) is 0.0667. The van der Waals surface area contributed by atoms with Gasteiger partial charge >= 0.3 is 5.97 Å². The Morgan fingerprint density at radius 3 is 2.90 bits per heavy atom. The zero-order valence-electron chi connectivity index (χ0n) is 10.6. The summed E-state index contributed by atoms with van der Waals surface area (Å²) in [5.74, 6) is 0.515. The molecule has 1 aromatic heterocycles. The molecule has 2 aromatic carbocycles. The smallest absolute Gasteiger partial charge is 0.343 e. The Morgan fingerprint density at radius 1 is 1.25 bits per heavy atom. The first-order valence-electron chi connectivity index (χ1n) is 5.97. The molecule has 3 rings (SSSR count). The lowest BCUT2D eigenvalue weighted by Gasteiger charge is -2.04. The van der Waals surface area contributed by atoms with Gasteiger partial charge < -0.3 is 9.15 Å². The van der Waals surface area contributed by atoms with Crippen LogP contribution in [0.1, 0.15) is 16.2 Å². The lowest BCUT2D eigenvalue weighted by molar-refractivity contribution is 0.0735. The predicted octanol–water partition coefficient (Wildman–Crippen LogP) is 4.01. The molecule has 0 spiro atoms. The van der Waals surface area contributed by atoms with Crippen LogP contribution in [0.2, 0.25) is 5.02 Å². The lowest BCUT2D eigenvalue weighted by Crippen LogP contribution is -2.08. The summed E-state index contributed by atoms with van der Waals surface area (Å²) < 4.78 is 10.7. The summed E-state index contributed by atoms with van der Waals surface area (Å²) in [7, 11) is 0. The van der Waals surface area contributed by atoms with E-state index in [1.165, 1.54) is 0 Å². The van der Waals surface area contributed by atoms with Crippen molar-refractivity contribution in [1.82, 2.24) is 4.98 Å². The first kappa shape index (κ1) is 12.7. The third-order valence-corrected chi connectivity index (χ3v) is 2.97. The van der Waals surface area contributed by atoms with Gasteiger partial charge in [-0.15, -0.1) is 0 Å². The van der Waals surface area contributed by atoms with Crippen LogP contribution in [0.4, 0.5) is 0 Å². The standard InChI is InChI=1S/C15H10ClNO3/c1-9-17-13-8-12(5-6-14(13)19-9)20-15(18)10-3-2-4-11(16)7-10/h2-8H,1H3. The Kier molecular flexibility index (Phi) is 3.16. The molecule has 0 aliphatic heterocycles. The van der Waals surface area contributed by atoms with Gasteiger partial charge in [0.1, 0.15) is 11.3 Å². The number of nitrogens with zero attached hydrogens (tertiary/aromatic N) is 1. The Balaban J connectivity index is 1.87. The van der Waals surface area contributed by atoms with Crippen LogP contribution in [0.15, 0.2) is 46.9 Å². The lowest BCUT2D eigenvalue weighted by atomic mass is 10.2. The van der Waals surface area contributed by atoms with E-state index in [0.717, 1.165) is 0 Å². The number of halogens is 1. The van der Waals surface area contributed by atoms with Crippen molar-refractivity contribution in [3.63, 3.8) is 0 Å². The van der Waals surface area contributed by atoms with Gasteiger partial charge in [0.25, 0.3) is 0 Å². The molecule has 20 heavy (non-hydrogen) atoms. The van der Waals surface area contributed by atoms with Gasteiger partial charge in [-0.1, -0.05) is 17.7 Å². The number of aromatic nitrogens is 1. The Bertz CT molecular complexity index is 795. The molecule has 0 atom stereocenters. The minimum Gasteiger partial charge on any atom is -0.441 e. The van der Waals surface area contributed by atoms with Crippen LogP contribution < -0.4 is 4.74 Å².